The van der Waals surface area contributed by atoms with E-state index in [1.165, 1.54) is 0 Å². The van der Waals surface area contributed by atoms with Crippen LogP contribution in [0.5, 0.6) is 5.75 Å². The van der Waals surface area contributed by atoms with Gasteiger partial charge in [0.25, 0.3) is 0 Å². The maximum atomic E-state index is 5.53. The van der Waals surface area contributed by atoms with Crippen molar-refractivity contribution >= 4 is 39.5 Å². The van der Waals surface area contributed by atoms with Crippen molar-refractivity contribution in [1.29, 1.82) is 0 Å². The number of pyridine rings is 1. The molecular weight excluding hydrogens is 306 g/mol. The second-order valence-electron chi connectivity index (χ2n) is 5.29. The van der Waals surface area contributed by atoms with Gasteiger partial charge in [-0.05, 0) is 48.9 Å². The smallest absolute Gasteiger partial charge is 0.127 e. The van der Waals surface area contributed by atoms with Crippen LogP contribution in [0.3, 0.4) is 0 Å². The summed E-state index contributed by atoms with van der Waals surface area (Å²) in [6.07, 6.45) is 5.93. The number of aromatic nitrogens is 2. The van der Waals surface area contributed by atoms with Crippen molar-refractivity contribution in [3.05, 3.63) is 47.1 Å². The zero-order chi connectivity index (χ0) is 16.2. The lowest BCUT2D eigenvalue weighted by Crippen LogP contribution is -2.09. The van der Waals surface area contributed by atoms with Crippen molar-refractivity contribution in [2.75, 3.05) is 25.6 Å². The van der Waals surface area contributed by atoms with E-state index in [-0.39, 0.29) is 0 Å². The fraction of sp³-hybridized carbons (Fsp3) is 0.222. The molecule has 3 rings (SSSR count). The summed E-state index contributed by atoms with van der Waals surface area (Å²) in [5.74, 6) is 1.84. The second-order valence-corrected chi connectivity index (χ2v) is 6.35. The molecule has 0 aliphatic carbocycles. The molecule has 1 aromatic carbocycles. The summed E-state index contributed by atoms with van der Waals surface area (Å²) in [4.78, 5) is 11.0. The van der Waals surface area contributed by atoms with Gasteiger partial charge in [-0.15, -0.1) is 11.3 Å². The lowest BCUT2D eigenvalue weighted by molar-refractivity contribution is 0.341. The Morgan fingerprint density at radius 2 is 2.04 bits per heavy atom. The minimum absolute atomic E-state index is 0.674. The van der Waals surface area contributed by atoms with Crippen molar-refractivity contribution in [2.45, 2.75) is 6.92 Å². The molecule has 4 nitrogen and oxygen atoms in total. The van der Waals surface area contributed by atoms with Crippen molar-refractivity contribution in [3.63, 3.8) is 0 Å². The average Bonchev–Trinajstić information content (AvgIpc) is 2.96. The predicted molar refractivity (Wildman–Crippen MR) is 98.3 cm³/mol. The molecule has 0 bridgehead atoms. The molecule has 0 saturated carbocycles. The molecule has 0 unspecified atom stereocenters. The number of rotatable bonds is 5. The molecule has 2 heterocycles. The van der Waals surface area contributed by atoms with E-state index in [2.05, 4.69) is 16.0 Å². The van der Waals surface area contributed by atoms with Crippen LogP contribution in [0.1, 0.15) is 17.5 Å². The van der Waals surface area contributed by atoms with E-state index < -0.39 is 0 Å². The van der Waals surface area contributed by atoms with E-state index in [0.717, 1.165) is 32.4 Å². The standard InChI is InChI=1S/C18H19N3OS/c1-4-22-14-7-8-15-16(11-14)23-18(20-15)10-6-13-5-9-17(19-12-13)21(2)3/h5-12H,4H2,1-3H3/b10-6+. The molecule has 0 spiro atoms. The highest BCUT2D eigenvalue weighted by atomic mass is 32.1. The topological polar surface area (TPSA) is 38.2 Å². The van der Waals surface area contributed by atoms with Gasteiger partial charge in [0.05, 0.1) is 16.8 Å². The predicted octanol–water partition coefficient (Wildman–Crippen LogP) is 4.33. The quantitative estimate of drug-likeness (QED) is 0.700. The molecule has 5 heteroatoms. The highest BCUT2D eigenvalue weighted by Crippen LogP contribution is 2.27. The van der Waals surface area contributed by atoms with Crippen LogP contribution in [0.2, 0.25) is 0 Å². The van der Waals surface area contributed by atoms with Gasteiger partial charge in [-0.1, -0.05) is 6.08 Å². The van der Waals surface area contributed by atoms with E-state index in [1.54, 1.807) is 11.3 Å². The lowest BCUT2D eigenvalue weighted by atomic mass is 10.2. The minimum atomic E-state index is 0.674. The van der Waals surface area contributed by atoms with E-state index >= 15 is 0 Å². The summed E-state index contributed by atoms with van der Waals surface area (Å²) in [5, 5.41) is 0.977. The molecule has 0 saturated heterocycles. The first-order valence-corrected chi connectivity index (χ1v) is 8.32. The number of ether oxygens (including phenoxy) is 1. The van der Waals surface area contributed by atoms with Crippen molar-refractivity contribution in [2.24, 2.45) is 0 Å². The Morgan fingerprint density at radius 3 is 2.74 bits per heavy atom. The summed E-state index contributed by atoms with van der Waals surface area (Å²) < 4.78 is 6.67. The molecule has 0 N–H and O–H groups in total. The maximum absolute atomic E-state index is 5.53. The summed E-state index contributed by atoms with van der Waals surface area (Å²) in [6.45, 7) is 2.66. The molecule has 0 radical (unpaired) electrons. The Hall–Kier alpha value is -2.40. The molecule has 0 amide bonds. The number of hydrogen-bond acceptors (Lipinski definition) is 5. The molecular formula is C18H19N3OS. The monoisotopic (exact) mass is 325 g/mol. The fourth-order valence-electron chi connectivity index (χ4n) is 2.18. The second kappa shape index (κ2) is 6.79. The summed E-state index contributed by atoms with van der Waals surface area (Å²) >= 11 is 1.66. The first-order valence-electron chi connectivity index (χ1n) is 7.50. The first kappa shape index (κ1) is 15.5. The number of nitrogens with zero attached hydrogens (tertiary/aromatic N) is 3. The van der Waals surface area contributed by atoms with Crippen molar-refractivity contribution in [3.8, 4) is 5.75 Å². The summed E-state index contributed by atoms with van der Waals surface area (Å²) in [7, 11) is 3.96. The van der Waals surface area contributed by atoms with Gasteiger partial charge < -0.3 is 9.64 Å². The third-order valence-electron chi connectivity index (χ3n) is 3.33. The zero-order valence-electron chi connectivity index (χ0n) is 13.5. The Morgan fingerprint density at radius 1 is 1.17 bits per heavy atom. The number of anilines is 1. The molecule has 23 heavy (non-hydrogen) atoms. The van der Waals surface area contributed by atoms with Crippen LogP contribution in [-0.4, -0.2) is 30.7 Å². The number of hydrogen-bond donors (Lipinski definition) is 0. The molecule has 118 valence electrons. The van der Waals surface area contributed by atoms with Gasteiger partial charge in [0.1, 0.15) is 16.6 Å². The fourth-order valence-corrected chi connectivity index (χ4v) is 3.08. The summed E-state index contributed by atoms with van der Waals surface area (Å²) in [5.41, 5.74) is 2.06. The lowest BCUT2D eigenvalue weighted by Gasteiger charge is -2.10. The molecule has 0 aliphatic rings. The van der Waals surface area contributed by atoms with E-state index in [4.69, 9.17) is 4.74 Å². The third kappa shape index (κ3) is 3.68. The largest absolute Gasteiger partial charge is 0.494 e. The number of thiazole rings is 1. The Bertz CT molecular complexity index is 822. The van der Waals surface area contributed by atoms with Crippen molar-refractivity contribution < 1.29 is 4.74 Å². The Labute approximate surface area is 140 Å². The summed E-state index contributed by atoms with van der Waals surface area (Å²) in [6, 6.07) is 10.1. The van der Waals surface area contributed by atoms with Crippen LogP contribution >= 0.6 is 11.3 Å². The van der Waals surface area contributed by atoms with Crippen LogP contribution in [0.25, 0.3) is 22.4 Å². The van der Waals surface area contributed by atoms with Crippen LogP contribution in [0, 0.1) is 0 Å². The van der Waals surface area contributed by atoms with E-state index in [9.17, 15) is 0 Å². The Balaban J connectivity index is 1.80. The maximum Gasteiger partial charge on any atom is 0.127 e. The number of benzene rings is 1. The van der Waals surface area contributed by atoms with Gasteiger partial charge in [0.2, 0.25) is 0 Å². The average molecular weight is 325 g/mol. The van der Waals surface area contributed by atoms with Crippen molar-refractivity contribution in [1.82, 2.24) is 9.97 Å². The Kier molecular flexibility index (Phi) is 4.57. The first-order chi connectivity index (χ1) is 11.2. The SMILES string of the molecule is CCOc1ccc2nc(/C=C/c3ccc(N(C)C)nc3)sc2c1. The van der Waals surface area contributed by atoms with Crippen LogP contribution in [0.4, 0.5) is 5.82 Å². The molecule has 3 aromatic rings. The van der Waals surface area contributed by atoms with Crippen LogP contribution < -0.4 is 9.64 Å². The van der Waals surface area contributed by atoms with E-state index in [0.29, 0.717) is 6.61 Å². The van der Waals surface area contributed by atoms with Gasteiger partial charge >= 0.3 is 0 Å². The van der Waals surface area contributed by atoms with Gasteiger partial charge in [-0.3, -0.25) is 0 Å². The van der Waals surface area contributed by atoms with Gasteiger partial charge in [-0.25, -0.2) is 9.97 Å². The zero-order valence-corrected chi connectivity index (χ0v) is 14.3. The minimum Gasteiger partial charge on any atom is -0.494 e. The van der Waals surface area contributed by atoms with Gasteiger partial charge in [-0.2, -0.15) is 0 Å². The normalized spacial score (nSPS) is 11.3. The molecule has 0 fully saturated rings. The van der Waals surface area contributed by atoms with Gasteiger partial charge in [0, 0.05) is 20.3 Å². The van der Waals surface area contributed by atoms with Crippen LogP contribution in [0.15, 0.2) is 36.5 Å². The molecule has 2 aromatic heterocycles. The van der Waals surface area contributed by atoms with E-state index in [1.807, 2.05) is 68.5 Å². The highest BCUT2D eigenvalue weighted by Gasteiger charge is 2.03. The third-order valence-corrected chi connectivity index (χ3v) is 4.32. The van der Waals surface area contributed by atoms with Crippen LogP contribution in [-0.2, 0) is 0 Å². The van der Waals surface area contributed by atoms with Gasteiger partial charge in [0.15, 0.2) is 0 Å². The highest BCUT2D eigenvalue weighted by molar-refractivity contribution is 7.19. The number of fused-ring (bicyclic) bond motifs is 1. The molecule has 0 atom stereocenters. The molecule has 0 aliphatic heterocycles.